The summed E-state index contributed by atoms with van der Waals surface area (Å²) in [7, 11) is 0. The summed E-state index contributed by atoms with van der Waals surface area (Å²) >= 11 is 0. The van der Waals surface area contributed by atoms with Crippen molar-refractivity contribution in [2.75, 3.05) is 0 Å². The van der Waals surface area contributed by atoms with Crippen LogP contribution < -0.4 is 5.73 Å². The Hall–Kier alpha value is -0.830. The Kier molecular flexibility index (Phi) is 3.64. The molecular weight excluding hydrogens is 198 g/mol. The molecule has 1 aliphatic rings. The first-order chi connectivity index (χ1) is 7.72. The van der Waals surface area contributed by atoms with E-state index < -0.39 is 0 Å². The summed E-state index contributed by atoms with van der Waals surface area (Å²) < 4.78 is 2.32. The average molecular weight is 221 g/mol. The van der Waals surface area contributed by atoms with E-state index in [0.717, 1.165) is 5.69 Å². The fourth-order valence-corrected chi connectivity index (χ4v) is 2.64. The summed E-state index contributed by atoms with van der Waals surface area (Å²) in [4.78, 5) is 4.71. The molecule has 3 heteroatoms. The van der Waals surface area contributed by atoms with E-state index in [2.05, 4.69) is 24.6 Å². The first-order valence-corrected chi connectivity index (χ1v) is 6.50. The lowest BCUT2D eigenvalue weighted by molar-refractivity contribution is 0.406. The minimum atomic E-state index is 0.490. The van der Waals surface area contributed by atoms with E-state index >= 15 is 0 Å². The zero-order valence-electron chi connectivity index (χ0n) is 10.4. The van der Waals surface area contributed by atoms with Crippen molar-refractivity contribution < 1.29 is 0 Å². The number of aromatic nitrogens is 2. The van der Waals surface area contributed by atoms with Crippen LogP contribution in [0.5, 0.6) is 0 Å². The first-order valence-electron chi connectivity index (χ1n) is 6.50. The number of nitrogens with two attached hydrogens (primary N) is 1. The van der Waals surface area contributed by atoms with Gasteiger partial charge in [0.05, 0.1) is 5.69 Å². The molecule has 2 rings (SSSR count). The lowest BCUT2D eigenvalue weighted by Gasteiger charge is -2.23. The Balaban J connectivity index is 2.26. The number of hydrogen-bond acceptors (Lipinski definition) is 2. The van der Waals surface area contributed by atoms with E-state index in [1.165, 1.54) is 37.9 Å². The Morgan fingerprint density at radius 3 is 2.62 bits per heavy atom. The second-order valence-corrected chi connectivity index (χ2v) is 5.13. The molecule has 0 aromatic carbocycles. The van der Waals surface area contributed by atoms with E-state index in [0.29, 0.717) is 18.5 Å². The van der Waals surface area contributed by atoms with Crippen LogP contribution >= 0.6 is 0 Å². The molecule has 1 aromatic heterocycles. The van der Waals surface area contributed by atoms with Crippen LogP contribution in [0.25, 0.3) is 0 Å². The highest BCUT2D eigenvalue weighted by Gasteiger charge is 2.21. The molecule has 0 spiro atoms. The molecule has 0 radical (unpaired) electrons. The van der Waals surface area contributed by atoms with Crippen molar-refractivity contribution in [2.45, 2.75) is 64.5 Å². The third kappa shape index (κ3) is 2.29. The van der Waals surface area contributed by atoms with Gasteiger partial charge in [-0.25, -0.2) is 4.98 Å². The van der Waals surface area contributed by atoms with E-state index in [1.807, 2.05) is 0 Å². The monoisotopic (exact) mass is 221 g/mol. The molecule has 0 saturated heterocycles. The minimum Gasteiger partial charge on any atom is -0.332 e. The molecular formula is C13H23N3. The van der Waals surface area contributed by atoms with Gasteiger partial charge in [-0.15, -0.1) is 0 Å². The summed E-state index contributed by atoms with van der Waals surface area (Å²) in [6.07, 6.45) is 8.83. The van der Waals surface area contributed by atoms with E-state index in [9.17, 15) is 0 Å². The van der Waals surface area contributed by atoms with Gasteiger partial charge < -0.3 is 10.3 Å². The molecule has 1 heterocycles. The Morgan fingerprint density at radius 1 is 1.38 bits per heavy atom. The highest BCUT2D eigenvalue weighted by atomic mass is 15.1. The Bertz CT molecular complexity index is 335. The van der Waals surface area contributed by atoms with Crippen LogP contribution in [0.15, 0.2) is 6.20 Å². The molecule has 1 aliphatic carbocycles. The molecule has 0 atom stereocenters. The summed E-state index contributed by atoms with van der Waals surface area (Å²) in [6.45, 7) is 4.99. The van der Waals surface area contributed by atoms with Gasteiger partial charge in [0, 0.05) is 24.7 Å². The van der Waals surface area contributed by atoms with Crippen molar-refractivity contribution in [1.29, 1.82) is 0 Å². The van der Waals surface area contributed by atoms with Gasteiger partial charge in [-0.3, -0.25) is 0 Å². The van der Waals surface area contributed by atoms with E-state index in [-0.39, 0.29) is 0 Å². The summed E-state index contributed by atoms with van der Waals surface area (Å²) in [6, 6.07) is 0.490. The van der Waals surface area contributed by atoms with Gasteiger partial charge in [-0.2, -0.15) is 0 Å². The summed E-state index contributed by atoms with van der Waals surface area (Å²) in [5.74, 6) is 1.94. The van der Waals surface area contributed by atoms with Crippen LogP contribution in [0, 0.1) is 0 Å². The normalized spacial score (nSPS) is 18.2. The van der Waals surface area contributed by atoms with Crippen molar-refractivity contribution in [2.24, 2.45) is 5.73 Å². The van der Waals surface area contributed by atoms with Gasteiger partial charge in [0.15, 0.2) is 0 Å². The highest BCUT2D eigenvalue weighted by molar-refractivity contribution is 5.10. The largest absolute Gasteiger partial charge is 0.332 e. The lowest BCUT2D eigenvalue weighted by atomic mass is 9.88. The zero-order chi connectivity index (χ0) is 11.5. The van der Waals surface area contributed by atoms with Crippen LogP contribution in [0.3, 0.4) is 0 Å². The first kappa shape index (κ1) is 11.6. The van der Waals surface area contributed by atoms with Crippen LogP contribution in [-0.4, -0.2) is 9.55 Å². The quantitative estimate of drug-likeness (QED) is 0.852. The van der Waals surface area contributed by atoms with E-state index in [4.69, 9.17) is 10.7 Å². The molecule has 2 N–H and O–H groups in total. The third-order valence-corrected chi connectivity index (χ3v) is 3.55. The molecule has 0 bridgehead atoms. The molecule has 90 valence electrons. The second-order valence-electron chi connectivity index (χ2n) is 5.13. The highest BCUT2D eigenvalue weighted by Crippen LogP contribution is 2.33. The predicted molar refractivity (Wildman–Crippen MR) is 66.3 cm³/mol. The predicted octanol–water partition coefficient (Wildman–Crippen LogP) is 2.97. The SMILES string of the molecule is CC(C)n1cc(CN)nc1C1CCCCC1. The molecule has 0 unspecified atom stereocenters. The number of rotatable bonds is 3. The minimum absolute atomic E-state index is 0.490. The smallest absolute Gasteiger partial charge is 0.112 e. The van der Waals surface area contributed by atoms with Gasteiger partial charge in [-0.1, -0.05) is 19.3 Å². The van der Waals surface area contributed by atoms with Gasteiger partial charge in [0.2, 0.25) is 0 Å². The maximum Gasteiger partial charge on any atom is 0.112 e. The van der Waals surface area contributed by atoms with Gasteiger partial charge in [0.1, 0.15) is 5.82 Å². The average Bonchev–Trinajstić information content (AvgIpc) is 2.74. The van der Waals surface area contributed by atoms with Gasteiger partial charge >= 0.3 is 0 Å². The maximum atomic E-state index is 5.69. The topological polar surface area (TPSA) is 43.8 Å². The van der Waals surface area contributed by atoms with Crippen molar-refractivity contribution in [3.8, 4) is 0 Å². The summed E-state index contributed by atoms with van der Waals surface area (Å²) in [5.41, 5.74) is 6.72. The van der Waals surface area contributed by atoms with E-state index in [1.54, 1.807) is 0 Å². The molecule has 0 amide bonds. The van der Waals surface area contributed by atoms with Crippen molar-refractivity contribution >= 4 is 0 Å². The molecule has 1 fully saturated rings. The van der Waals surface area contributed by atoms with Gasteiger partial charge in [0.25, 0.3) is 0 Å². The van der Waals surface area contributed by atoms with Crippen LogP contribution in [-0.2, 0) is 6.54 Å². The van der Waals surface area contributed by atoms with Crippen molar-refractivity contribution in [1.82, 2.24) is 9.55 Å². The molecule has 3 nitrogen and oxygen atoms in total. The maximum absolute atomic E-state index is 5.69. The van der Waals surface area contributed by atoms with Crippen molar-refractivity contribution in [3.63, 3.8) is 0 Å². The van der Waals surface area contributed by atoms with Crippen LogP contribution in [0.4, 0.5) is 0 Å². The standard InChI is InChI=1S/C13H23N3/c1-10(2)16-9-12(8-14)15-13(16)11-6-4-3-5-7-11/h9-11H,3-8,14H2,1-2H3. The molecule has 16 heavy (non-hydrogen) atoms. The number of nitrogens with zero attached hydrogens (tertiary/aromatic N) is 2. The van der Waals surface area contributed by atoms with Gasteiger partial charge in [-0.05, 0) is 26.7 Å². The zero-order valence-corrected chi connectivity index (χ0v) is 10.4. The molecule has 1 aromatic rings. The lowest BCUT2D eigenvalue weighted by Crippen LogP contribution is -2.13. The van der Waals surface area contributed by atoms with Crippen molar-refractivity contribution in [3.05, 3.63) is 17.7 Å². The number of hydrogen-bond donors (Lipinski definition) is 1. The molecule has 1 saturated carbocycles. The third-order valence-electron chi connectivity index (χ3n) is 3.55. The Morgan fingerprint density at radius 2 is 2.06 bits per heavy atom. The van der Waals surface area contributed by atoms with Crippen LogP contribution in [0.2, 0.25) is 0 Å². The second kappa shape index (κ2) is 5.00. The fourth-order valence-electron chi connectivity index (χ4n) is 2.64. The molecule has 0 aliphatic heterocycles. The number of imidazole rings is 1. The fraction of sp³-hybridized carbons (Fsp3) is 0.769. The van der Waals surface area contributed by atoms with Crippen LogP contribution in [0.1, 0.15) is 69.4 Å². The summed E-state index contributed by atoms with van der Waals surface area (Å²) in [5, 5.41) is 0. The Labute approximate surface area is 98.1 Å².